The van der Waals surface area contributed by atoms with Crippen molar-refractivity contribution < 1.29 is 4.74 Å². The molecule has 1 fully saturated rings. The highest BCUT2D eigenvalue weighted by Gasteiger charge is 2.27. The summed E-state index contributed by atoms with van der Waals surface area (Å²) in [5, 5.41) is 0.706. The minimum atomic E-state index is -0.0587. The Hall–Kier alpha value is -2.11. The summed E-state index contributed by atoms with van der Waals surface area (Å²) in [6.45, 7) is 7.63. The third kappa shape index (κ3) is 3.46. The number of hydrogen-bond donors (Lipinski definition) is 1. The Bertz CT molecular complexity index is 714. The van der Waals surface area contributed by atoms with E-state index < -0.39 is 0 Å². The van der Waals surface area contributed by atoms with Crippen LogP contribution in [0.15, 0.2) is 42.5 Å². The maximum absolute atomic E-state index is 6.40. The maximum atomic E-state index is 6.40. The smallest absolute Gasteiger partial charge is 0.222 e. The Morgan fingerprint density at radius 3 is 2.87 bits per heavy atom. The van der Waals surface area contributed by atoms with Gasteiger partial charge in [-0.25, -0.2) is 4.98 Å². The zero-order chi connectivity index (χ0) is 16.4. The Morgan fingerprint density at radius 1 is 1.35 bits per heavy atom. The predicted octanol–water partition coefficient (Wildman–Crippen LogP) is 3.15. The van der Waals surface area contributed by atoms with Gasteiger partial charge in [0.15, 0.2) is 0 Å². The van der Waals surface area contributed by atoms with E-state index in [1.807, 2.05) is 37.3 Å². The summed E-state index contributed by atoms with van der Waals surface area (Å²) in [4.78, 5) is 10.7. The third-order valence-electron chi connectivity index (χ3n) is 3.77. The first-order chi connectivity index (χ1) is 11.0. The fourth-order valence-electron chi connectivity index (χ4n) is 2.77. The lowest BCUT2D eigenvalue weighted by atomic mass is 10.1. The maximum Gasteiger partial charge on any atom is 0.222 e. The lowest BCUT2D eigenvalue weighted by Crippen LogP contribution is -2.32. The molecule has 1 aliphatic rings. The van der Waals surface area contributed by atoms with Gasteiger partial charge in [-0.3, -0.25) is 0 Å². The van der Waals surface area contributed by atoms with Gasteiger partial charge in [0.2, 0.25) is 5.95 Å². The molecule has 2 aromatic rings. The number of nitrogen functional groups attached to an aromatic ring is 1. The fraction of sp³-hybridized carbons (Fsp3) is 0.294. The molecule has 6 heteroatoms. The molecule has 23 heavy (non-hydrogen) atoms. The lowest BCUT2D eigenvalue weighted by molar-refractivity contribution is 0.150. The van der Waals surface area contributed by atoms with E-state index in [0.717, 1.165) is 22.6 Å². The highest BCUT2D eigenvalue weighted by atomic mass is 35.5. The van der Waals surface area contributed by atoms with E-state index in [1.165, 1.54) is 0 Å². The van der Waals surface area contributed by atoms with Crippen molar-refractivity contribution in [2.45, 2.75) is 13.0 Å². The van der Waals surface area contributed by atoms with Crippen molar-refractivity contribution in [1.29, 1.82) is 0 Å². The number of anilines is 2. The first-order valence-corrected chi connectivity index (χ1v) is 7.79. The molecule has 0 spiro atoms. The molecule has 0 amide bonds. The van der Waals surface area contributed by atoms with Crippen LogP contribution in [0.4, 0.5) is 11.8 Å². The van der Waals surface area contributed by atoms with Crippen molar-refractivity contribution in [3.63, 3.8) is 0 Å². The Morgan fingerprint density at radius 2 is 2.13 bits per heavy atom. The van der Waals surface area contributed by atoms with Crippen LogP contribution < -0.4 is 10.6 Å². The minimum absolute atomic E-state index is 0.0587. The van der Waals surface area contributed by atoms with Crippen LogP contribution in [-0.2, 0) is 4.74 Å². The van der Waals surface area contributed by atoms with Crippen molar-refractivity contribution in [2.24, 2.45) is 0 Å². The van der Waals surface area contributed by atoms with Gasteiger partial charge in [0, 0.05) is 23.3 Å². The molecule has 0 bridgehead atoms. The Labute approximate surface area is 140 Å². The van der Waals surface area contributed by atoms with Crippen molar-refractivity contribution in [3.05, 3.63) is 58.8 Å². The number of ether oxygens (including phenoxy) is 1. The van der Waals surface area contributed by atoms with Crippen molar-refractivity contribution >= 4 is 23.4 Å². The molecule has 1 atom stereocenters. The molecule has 1 aromatic carbocycles. The van der Waals surface area contributed by atoms with Gasteiger partial charge >= 0.3 is 0 Å². The monoisotopic (exact) mass is 330 g/mol. The van der Waals surface area contributed by atoms with E-state index >= 15 is 0 Å². The molecule has 120 valence electrons. The number of hydrogen-bond acceptors (Lipinski definition) is 5. The number of nitrogens with zero attached hydrogens (tertiary/aromatic N) is 3. The largest absolute Gasteiger partial charge is 0.375 e. The summed E-state index contributed by atoms with van der Waals surface area (Å²) in [6, 6.07) is 9.64. The molecule has 3 rings (SSSR count). The fourth-order valence-corrected chi connectivity index (χ4v) is 3.03. The van der Waals surface area contributed by atoms with Gasteiger partial charge in [-0.2, -0.15) is 4.98 Å². The first kappa shape index (κ1) is 15.8. The average molecular weight is 331 g/mol. The van der Waals surface area contributed by atoms with Crippen LogP contribution in [0.1, 0.15) is 17.3 Å². The molecule has 0 unspecified atom stereocenters. The molecule has 5 nitrogen and oxygen atoms in total. The van der Waals surface area contributed by atoms with E-state index in [-0.39, 0.29) is 12.0 Å². The zero-order valence-corrected chi connectivity index (χ0v) is 13.8. The van der Waals surface area contributed by atoms with E-state index in [4.69, 9.17) is 22.1 Å². The third-order valence-corrected chi connectivity index (χ3v) is 4.11. The number of halogens is 1. The number of rotatable bonds is 2. The highest BCUT2D eigenvalue weighted by molar-refractivity contribution is 6.31. The summed E-state index contributed by atoms with van der Waals surface area (Å²) in [5.74, 6) is 1.01. The van der Waals surface area contributed by atoms with Crippen LogP contribution in [0.25, 0.3) is 0 Å². The molecule has 2 heterocycles. The average Bonchev–Trinajstić information content (AvgIpc) is 2.68. The molecular weight excluding hydrogens is 312 g/mol. The summed E-state index contributed by atoms with van der Waals surface area (Å²) < 4.78 is 5.77. The second-order valence-electron chi connectivity index (χ2n) is 5.66. The molecule has 1 aromatic heterocycles. The lowest BCUT2D eigenvalue weighted by Gasteiger charge is -2.31. The van der Waals surface area contributed by atoms with Crippen LogP contribution in [0.5, 0.6) is 0 Å². The highest BCUT2D eigenvalue weighted by Crippen LogP contribution is 2.33. The van der Waals surface area contributed by atoms with E-state index in [9.17, 15) is 0 Å². The molecule has 0 aliphatic carbocycles. The zero-order valence-electron chi connectivity index (χ0n) is 13.0. The molecule has 0 saturated carbocycles. The number of nitrogens with two attached hydrogens (primary N) is 1. The number of benzene rings is 1. The van der Waals surface area contributed by atoms with Gasteiger partial charge < -0.3 is 15.4 Å². The Balaban J connectivity index is 2.07. The molecule has 0 radical (unpaired) electrons. The SMILES string of the molecule is C=C1COC[C@@H](c2ccccc2Cl)N(c2cc(C)nc(N)n2)C1. The van der Waals surface area contributed by atoms with Gasteiger partial charge in [0.05, 0.1) is 19.3 Å². The number of aryl methyl sites for hydroxylation is 1. The summed E-state index contributed by atoms with van der Waals surface area (Å²) in [7, 11) is 0. The van der Waals surface area contributed by atoms with Crippen LogP contribution in [0.3, 0.4) is 0 Å². The van der Waals surface area contributed by atoms with Gasteiger partial charge in [0.25, 0.3) is 0 Å². The normalized spacial score (nSPS) is 18.8. The van der Waals surface area contributed by atoms with Gasteiger partial charge in [0.1, 0.15) is 5.82 Å². The van der Waals surface area contributed by atoms with Crippen LogP contribution in [0, 0.1) is 6.92 Å². The standard InChI is InChI=1S/C17H19ClN4O/c1-11-8-22(16-7-12(2)20-17(19)21-16)15(10-23-9-11)13-5-3-4-6-14(13)18/h3-7,15H,1,8-10H2,2H3,(H2,19,20,21)/t15-/m0/s1. The van der Waals surface area contributed by atoms with Gasteiger partial charge in [-0.15, -0.1) is 0 Å². The molecular formula is C17H19ClN4O. The molecule has 1 aliphatic heterocycles. The van der Waals surface area contributed by atoms with E-state index in [0.29, 0.717) is 24.8 Å². The van der Waals surface area contributed by atoms with Crippen molar-refractivity contribution in [1.82, 2.24) is 9.97 Å². The predicted molar refractivity (Wildman–Crippen MR) is 92.7 cm³/mol. The second kappa shape index (κ2) is 6.56. The summed E-state index contributed by atoms with van der Waals surface area (Å²) >= 11 is 6.40. The molecule has 1 saturated heterocycles. The minimum Gasteiger partial charge on any atom is -0.375 e. The topological polar surface area (TPSA) is 64.3 Å². The first-order valence-electron chi connectivity index (χ1n) is 7.41. The van der Waals surface area contributed by atoms with Crippen LogP contribution >= 0.6 is 11.6 Å². The quantitative estimate of drug-likeness (QED) is 0.857. The Kier molecular flexibility index (Phi) is 4.50. The van der Waals surface area contributed by atoms with Crippen LogP contribution in [0.2, 0.25) is 5.02 Å². The number of aromatic nitrogens is 2. The molecule has 2 N–H and O–H groups in total. The van der Waals surface area contributed by atoms with E-state index in [2.05, 4.69) is 21.4 Å². The summed E-state index contributed by atoms with van der Waals surface area (Å²) in [6.07, 6.45) is 0. The van der Waals surface area contributed by atoms with Crippen molar-refractivity contribution in [3.8, 4) is 0 Å². The van der Waals surface area contributed by atoms with Gasteiger partial charge in [-0.05, 0) is 24.1 Å². The summed E-state index contributed by atoms with van der Waals surface area (Å²) in [5.41, 5.74) is 8.63. The van der Waals surface area contributed by atoms with Crippen LogP contribution in [-0.4, -0.2) is 29.7 Å². The van der Waals surface area contributed by atoms with E-state index in [1.54, 1.807) is 0 Å². The second-order valence-corrected chi connectivity index (χ2v) is 6.06. The van der Waals surface area contributed by atoms with Crippen molar-refractivity contribution in [2.75, 3.05) is 30.4 Å². The van der Waals surface area contributed by atoms with Gasteiger partial charge in [-0.1, -0.05) is 36.4 Å².